The highest BCUT2D eigenvalue weighted by atomic mass is 35.5. The van der Waals surface area contributed by atoms with Gasteiger partial charge in [-0.05, 0) is 13.0 Å². The van der Waals surface area contributed by atoms with Crippen molar-refractivity contribution in [2.75, 3.05) is 0 Å². The fraction of sp³-hybridized carbons (Fsp3) is 0.444. The second-order valence-corrected chi connectivity index (χ2v) is 4.01. The number of nitrogens with two attached hydrogens (primary N) is 1. The van der Waals surface area contributed by atoms with Gasteiger partial charge in [0.15, 0.2) is 0 Å². The summed E-state index contributed by atoms with van der Waals surface area (Å²) in [4.78, 5) is 4.16. The normalized spacial score (nSPS) is 15.5. The van der Waals surface area contributed by atoms with E-state index in [9.17, 15) is 0 Å². The highest BCUT2D eigenvalue weighted by Crippen LogP contribution is 2.26. The summed E-state index contributed by atoms with van der Waals surface area (Å²) in [6.07, 6.45) is 1.58. The average molecular weight is 219 g/mol. The molecule has 2 N–H and O–H groups in total. The van der Waals surface area contributed by atoms with Gasteiger partial charge in [-0.15, -0.1) is 0 Å². The zero-order chi connectivity index (χ0) is 10.0. The van der Waals surface area contributed by atoms with Crippen LogP contribution in [0.1, 0.15) is 25.5 Å². The van der Waals surface area contributed by atoms with E-state index in [2.05, 4.69) is 4.98 Å². The Balaban J connectivity index is 3.01. The predicted molar refractivity (Wildman–Crippen MR) is 56.3 cm³/mol. The van der Waals surface area contributed by atoms with Crippen molar-refractivity contribution in [1.29, 1.82) is 0 Å². The van der Waals surface area contributed by atoms with Gasteiger partial charge in [0.25, 0.3) is 0 Å². The third-order valence-electron chi connectivity index (χ3n) is 2.06. The molecule has 1 aromatic heterocycles. The quantitative estimate of drug-likeness (QED) is 0.830. The van der Waals surface area contributed by atoms with Gasteiger partial charge >= 0.3 is 0 Å². The molecule has 0 aromatic carbocycles. The molecule has 72 valence electrons. The van der Waals surface area contributed by atoms with E-state index in [1.165, 1.54) is 0 Å². The fourth-order valence-electron chi connectivity index (χ4n) is 1.01. The lowest BCUT2D eigenvalue weighted by Gasteiger charge is -2.15. The number of hydrogen-bond acceptors (Lipinski definition) is 2. The van der Waals surface area contributed by atoms with Crippen LogP contribution in [0.4, 0.5) is 0 Å². The Bertz CT molecular complexity index is 300. The standard InChI is InChI=1S/C9H12Cl2N2/c1-5(6(2)12)9-8(11)3-7(10)4-13-9/h3-6H,12H2,1-2H3. The van der Waals surface area contributed by atoms with Crippen LogP contribution in [0.5, 0.6) is 0 Å². The molecule has 1 aromatic rings. The minimum Gasteiger partial charge on any atom is -0.327 e. The van der Waals surface area contributed by atoms with E-state index >= 15 is 0 Å². The molecule has 0 spiro atoms. The number of aromatic nitrogens is 1. The van der Waals surface area contributed by atoms with Crippen LogP contribution in [0.15, 0.2) is 12.3 Å². The van der Waals surface area contributed by atoms with Crippen molar-refractivity contribution in [3.05, 3.63) is 28.0 Å². The Labute approximate surface area is 88.1 Å². The Kier molecular flexibility index (Phi) is 3.54. The van der Waals surface area contributed by atoms with E-state index in [-0.39, 0.29) is 12.0 Å². The first-order valence-electron chi connectivity index (χ1n) is 4.09. The van der Waals surface area contributed by atoms with Crippen LogP contribution in [-0.4, -0.2) is 11.0 Å². The fourth-order valence-corrected chi connectivity index (χ4v) is 1.56. The first kappa shape index (κ1) is 10.8. The highest BCUT2D eigenvalue weighted by Gasteiger charge is 2.15. The van der Waals surface area contributed by atoms with Gasteiger partial charge in [0.05, 0.1) is 15.7 Å². The van der Waals surface area contributed by atoms with Crippen LogP contribution in [0, 0.1) is 0 Å². The van der Waals surface area contributed by atoms with Gasteiger partial charge < -0.3 is 5.73 Å². The smallest absolute Gasteiger partial charge is 0.0639 e. The molecule has 13 heavy (non-hydrogen) atoms. The third-order valence-corrected chi connectivity index (χ3v) is 2.57. The maximum Gasteiger partial charge on any atom is 0.0639 e. The van der Waals surface area contributed by atoms with Crippen molar-refractivity contribution in [2.45, 2.75) is 25.8 Å². The maximum atomic E-state index is 5.97. The molecule has 0 saturated heterocycles. The lowest BCUT2D eigenvalue weighted by molar-refractivity contribution is 0.598. The van der Waals surface area contributed by atoms with Crippen molar-refractivity contribution in [2.24, 2.45) is 5.73 Å². The lowest BCUT2D eigenvalue weighted by Crippen LogP contribution is -2.23. The Morgan fingerprint density at radius 2 is 2.00 bits per heavy atom. The number of nitrogens with zero attached hydrogens (tertiary/aromatic N) is 1. The minimum atomic E-state index is 0.0335. The van der Waals surface area contributed by atoms with Crippen LogP contribution in [-0.2, 0) is 0 Å². The Hall–Kier alpha value is -0.310. The van der Waals surface area contributed by atoms with Crippen LogP contribution < -0.4 is 5.73 Å². The maximum absolute atomic E-state index is 5.97. The van der Waals surface area contributed by atoms with E-state index in [1.807, 2.05) is 13.8 Å². The largest absolute Gasteiger partial charge is 0.327 e. The summed E-state index contributed by atoms with van der Waals surface area (Å²) < 4.78 is 0. The summed E-state index contributed by atoms with van der Waals surface area (Å²) in [7, 11) is 0. The predicted octanol–water partition coefficient (Wildman–Crippen LogP) is 2.84. The van der Waals surface area contributed by atoms with Crippen molar-refractivity contribution in [1.82, 2.24) is 4.98 Å². The van der Waals surface area contributed by atoms with E-state index in [0.29, 0.717) is 10.0 Å². The highest BCUT2D eigenvalue weighted by molar-refractivity contribution is 6.34. The topological polar surface area (TPSA) is 38.9 Å². The molecule has 0 amide bonds. The number of rotatable bonds is 2. The summed E-state index contributed by atoms with van der Waals surface area (Å²) in [5, 5.41) is 1.13. The zero-order valence-corrected chi connectivity index (χ0v) is 9.10. The molecule has 0 fully saturated rings. The zero-order valence-electron chi connectivity index (χ0n) is 7.59. The molecule has 1 rings (SSSR count). The molecule has 0 saturated carbocycles. The minimum absolute atomic E-state index is 0.0335. The van der Waals surface area contributed by atoms with Crippen molar-refractivity contribution < 1.29 is 0 Å². The Morgan fingerprint density at radius 3 is 2.46 bits per heavy atom. The van der Waals surface area contributed by atoms with Gasteiger partial charge in [-0.3, -0.25) is 4.98 Å². The molecule has 2 nitrogen and oxygen atoms in total. The van der Waals surface area contributed by atoms with Gasteiger partial charge in [-0.25, -0.2) is 0 Å². The van der Waals surface area contributed by atoms with Crippen LogP contribution in [0.25, 0.3) is 0 Å². The van der Waals surface area contributed by atoms with Gasteiger partial charge in [-0.1, -0.05) is 30.1 Å². The van der Waals surface area contributed by atoms with Crippen LogP contribution >= 0.6 is 23.2 Å². The number of hydrogen-bond donors (Lipinski definition) is 1. The molecular weight excluding hydrogens is 207 g/mol. The van der Waals surface area contributed by atoms with Gasteiger partial charge in [0.1, 0.15) is 0 Å². The summed E-state index contributed by atoms with van der Waals surface area (Å²) in [6, 6.07) is 1.72. The summed E-state index contributed by atoms with van der Waals surface area (Å²) in [6.45, 7) is 3.92. The Morgan fingerprint density at radius 1 is 1.38 bits per heavy atom. The molecule has 2 atom stereocenters. The van der Waals surface area contributed by atoms with Crippen molar-refractivity contribution in [3.8, 4) is 0 Å². The first-order valence-corrected chi connectivity index (χ1v) is 4.84. The number of halogens is 2. The molecule has 1 heterocycles. The molecule has 2 unspecified atom stereocenters. The second kappa shape index (κ2) is 4.27. The third kappa shape index (κ3) is 2.56. The summed E-state index contributed by atoms with van der Waals surface area (Å²) in [5.41, 5.74) is 6.55. The summed E-state index contributed by atoms with van der Waals surface area (Å²) >= 11 is 11.7. The molecule has 0 aliphatic carbocycles. The molecule has 4 heteroatoms. The SMILES string of the molecule is CC(N)C(C)c1ncc(Cl)cc1Cl. The first-order chi connectivity index (χ1) is 6.02. The number of pyridine rings is 1. The molecule has 0 radical (unpaired) electrons. The van der Waals surface area contributed by atoms with E-state index in [1.54, 1.807) is 12.3 Å². The van der Waals surface area contributed by atoms with Crippen LogP contribution in [0.2, 0.25) is 10.0 Å². The molecule has 0 aliphatic heterocycles. The second-order valence-electron chi connectivity index (χ2n) is 3.17. The molecule has 0 aliphatic rings. The van der Waals surface area contributed by atoms with Crippen LogP contribution in [0.3, 0.4) is 0 Å². The average Bonchev–Trinajstić information content (AvgIpc) is 2.03. The van der Waals surface area contributed by atoms with E-state index in [4.69, 9.17) is 28.9 Å². The van der Waals surface area contributed by atoms with Gasteiger partial charge in [-0.2, -0.15) is 0 Å². The summed E-state index contributed by atoms with van der Waals surface area (Å²) in [5.74, 6) is 0.143. The van der Waals surface area contributed by atoms with Crippen molar-refractivity contribution in [3.63, 3.8) is 0 Å². The van der Waals surface area contributed by atoms with Gasteiger partial charge in [0.2, 0.25) is 0 Å². The van der Waals surface area contributed by atoms with E-state index in [0.717, 1.165) is 5.69 Å². The molecular formula is C9H12Cl2N2. The lowest BCUT2D eigenvalue weighted by atomic mass is 10.00. The molecule has 0 bridgehead atoms. The van der Waals surface area contributed by atoms with Gasteiger partial charge in [0, 0.05) is 18.2 Å². The monoisotopic (exact) mass is 218 g/mol. The van der Waals surface area contributed by atoms with Crippen molar-refractivity contribution >= 4 is 23.2 Å². The van der Waals surface area contributed by atoms with E-state index < -0.39 is 0 Å².